The van der Waals surface area contributed by atoms with Crippen LogP contribution in [0.3, 0.4) is 0 Å². The SMILES string of the molecule is CCc1nc2nc(N(C)C)nc(CC)c2[nH]1. The Morgan fingerprint density at radius 2 is 1.81 bits per heavy atom. The van der Waals surface area contributed by atoms with Crippen LogP contribution in [0.1, 0.15) is 25.4 Å². The normalized spacial score (nSPS) is 11.0. The number of hydrogen-bond donors (Lipinski definition) is 1. The zero-order chi connectivity index (χ0) is 11.7. The highest BCUT2D eigenvalue weighted by molar-refractivity contribution is 5.74. The third-order valence-corrected chi connectivity index (χ3v) is 2.53. The van der Waals surface area contributed by atoms with E-state index in [4.69, 9.17) is 0 Å². The summed E-state index contributed by atoms with van der Waals surface area (Å²) in [6.45, 7) is 4.16. The average molecular weight is 219 g/mol. The molecule has 0 fully saturated rings. The monoisotopic (exact) mass is 219 g/mol. The maximum absolute atomic E-state index is 4.51. The predicted molar refractivity (Wildman–Crippen MR) is 64.8 cm³/mol. The standard InChI is InChI=1S/C11H17N5/c1-5-7-9-10(14-8(6-2)13-9)15-11(12-7)16(3)4/h5-6H2,1-4H3,(H,12,13,14,15). The number of aryl methyl sites for hydroxylation is 2. The Balaban J connectivity index is 2.66. The summed E-state index contributed by atoms with van der Waals surface area (Å²) < 4.78 is 0. The van der Waals surface area contributed by atoms with Gasteiger partial charge in [0, 0.05) is 20.5 Å². The zero-order valence-electron chi connectivity index (χ0n) is 10.2. The predicted octanol–water partition coefficient (Wildman–Crippen LogP) is 1.54. The second-order valence-corrected chi connectivity index (χ2v) is 3.95. The highest BCUT2D eigenvalue weighted by Crippen LogP contribution is 2.17. The van der Waals surface area contributed by atoms with Crippen LogP contribution < -0.4 is 4.90 Å². The van der Waals surface area contributed by atoms with Crippen molar-refractivity contribution in [1.82, 2.24) is 19.9 Å². The van der Waals surface area contributed by atoms with Gasteiger partial charge in [-0.25, -0.2) is 9.97 Å². The maximum Gasteiger partial charge on any atom is 0.227 e. The Bertz CT molecular complexity index is 500. The highest BCUT2D eigenvalue weighted by Gasteiger charge is 2.11. The van der Waals surface area contributed by atoms with Gasteiger partial charge in [0.2, 0.25) is 5.95 Å². The third-order valence-electron chi connectivity index (χ3n) is 2.53. The first-order valence-corrected chi connectivity index (χ1v) is 5.58. The van der Waals surface area contributed by atoms with Crippen molar-refractivity contribution in [1.29, 1.82) is 0 Å². The van der Waals surface area contributed by atoms with Gasteiger partial charge >= 0.3 is 0 Å². The number of aromatic amines is 1. The fourth-order valence-electron chi connectivity index (χ4n) is 1.61. The van der Waals surface area contributed by atoms with E-state index in [-0.39, 0.29) is 0 Å². The van der Waals surface area contributed by atoms with Gasteiger partial charge in [0.1, 0.15) is 11.3 Å². The Kier molecular flexibility index (Phi) is 2.77. The van der Waals surface area contributed by atoms with Crippen LogP contribution in [0.5, 0.6) is 0 Å². The van der Waals surface area contributed by atoms with Gasteiger partial charge in [-0.15, -0.1) is 0 Å². The summed E-state index contributed by atoms with van der Waals surface area (Å²) in [6.07, 6.45) is 1.77. The lowest BCUT2D eigenvalue weighted by Gasteiger charge is -2.10. The van der Waals surface area contributed by atoms with Crippen LogP contribution in [-0.2, 0) is 12.8 Å². The largest absolute Gasteiger partial charge is 0.347 e. The summed E-state index contributed by atoms with van der Waals surface area (Å²) in [5.74, 6) is 1.69. The lowest BCUT2D eigenvalue weighted by molar-refractivity contribution is 0.958. The number of H-pyrrole nitrogens is 1. The molecular weight excluding hydrogens is 202 g/mol. The summed E-state index contributed by atoms with van der Waals surface area (Å²) in [6, 6.07) is 0. The molecule has 86 valence electrons. The quantitative estimate of drug-likeness (QED) is 0.850. The van der Waals surface area contributed by atoms with Gasteiger partial charge in [-0.05, 0) is 6.42 Å². The third kappa shape index (κ3) is 1.73. The van der Waals surface area contributed by atoms with Gasteiger partial charge in [-0.2, -0.15) is 4.98 Å². The lowest BCUT2D eigenvalue weighted by Crippen LogP contribution is -2.13. The van der Waals surface area contributed by atoms with Crippen LogP contribution in [-0.4, -0.2) is 34.0 Å². The number of imidazole rings is 1. The summed E-state index contributed by atoms with van der Waals surface area (Å²) in [5, 5.41) is 0. The van der Waals surface area contributed by atoms with Gasteiger partial charge < -0.3 is 9.88 Å². The molecule has 5 nitrogen and oxygen atoms in total. The van der Waals surface area contributed by atoms with E-state index in [0.29, 0.717) is 0 Å². The number of nitrogens with one attached hydrogen (secondary N) is 1. The molecule has 2 aromatic heterocycles. The molecule has 0 aliphatic heterocycles. The first-order chi connectivity index (χ1) is 7.65. The molecule has 2 rings (SSSR count). The molecule has 0 bridgehead atoms. The maximum atomic E-state index is 4.51. The number of aromatic nitrogens is 4. The van der Waals surface area contributed by atoms with E-state index in [9.17, 15) is 0 Å². The molecule has 2 aromatic rings. The second-order valence-electron chi connectivity index (χ2n) is 3.95. The van der Waals surface area contributed by atoms with Gasteiger partial charge in [0.05, 0.1) is 5.69 Å². The fraction of sp³-hybridized carbons (Fsp3) is 0.545. The molecule has 1 N–H and O–H groups in total. The van der Waals surface area contributed by atoms with Crippen molar-refractivity contribution >= 4 is 17.1 Å². The summed E-state index contributed by atoms with van der Waals surface area (Å²) in [7, 11) is 3.88. The van der Waals surface area contributed by atoms with Crippen molar-refractivity contribution in [3.05, 3.63) is 11.5 Å². The molecule has 0 spiro atoms. The first-order valence-electron chi connectivity index (χ1n) is 5.58. The van der Waals surface area contributed by atoms with Crippen LogP contribution in [0.15, 0.2) is 0 Å². The Morgan fingerprint density at radius 1 is 1.06 bits per heavy atom. The molecule has 5 heteroatoms. The van der Waals surface area contributed by atoms with E-state index >= 15 is 0 Å². The Morgan fingerprint density at radius 3 is 2.38 bits per heavy atom. The van der Waals surface area contributed by atoms with Crippen LogP contribution in [0.2, 0.25) is 0 Å². The van der Waals surface area contributed by atoms with Gasteiger partial charge in [0.25, 0.3) is 0 Å². The molecule has 0 unspecified atom stereocenters. The van der Waals surface area contributed by atoms with Crippen molar-refractivity contribution in [3.8, 4) is 0 Å². The van der Waals surface area contributed by atoms with Gasteiger partial charge in [-0.1, -0.05) is 13.8 Å². The minimum atomic E-state index is 0.721. The molecule has 0 aromatic carbocycles. The molecule has 0 aliphatic rings. The Labute approximate surface area is 94.9 Å². The van der Waals surface area contributed by atoms with E-state index in [0.717, 1.165) is 41.5 Å². The molecule has 0 saturated carbocycles. The van der Waals surface area contributed by atoms with Crippen LogP contribution in [0.4, 0.5) is 5.95 Å². The number of anilines is 1. The molecular formula is C11H17N5. The first kappa shape index (κ1) is 10.9. The molecule has 16 heavy (non-hydrogen) atoms. The number of nitrogens with zero attached hydrogens (tertiary/aromatic N) is 4. The highest BCUT2D eigenvalue weighted by atomic mass is 15.2. The average Bonchev–Trinajstić information content (AvgIpc) is 2.70. The van der Waals surface area contributed by atoms with Crippen molar-refractivity contribution in [2.45, 2.75) is 26.7 Å². The molecule has 0 saturated heterocycles. The van der Waals surface area contributed by atoms with Crippen LogP contribution in [0.25, 0.3) is 11.2 Å². The number of fused-ring (bicyclic) bond motifs is 1. The minimum absolute atomic E-state index is 0.721. The smallest absolute Gasteiger partial charge is 0.227 e. The molecule has 0 radical (unpaired) electrons. The topological polar surface area (TPSA) is 57.7 Å². The van der Waals surface area contributed by atoms with E-state index in [1.807, 2.05) is 19.0 Å². The Hall–Kier alpha value is -1.65. The van der Waals surface area contributed by atoms with E-state index < -0.39 is 0 Å². The van der Waals surface area contributed by atoms with E-state index in [2.05, 4.69) is 33.8 Å². The zero-order valence-corrected chi connectivity index (χ0v) is 10.2. The summed E-state index contributed by atoms with van der Waals surface area (Å²) in [4.78, 5) is 18.6. The summed E-state index contributed by atoms with van der Waals surface area (Å²) >= 11 is 0. The number of rotatable bonds is 3. The molecule has 0 atom stereocenters. The number of hydrogen-bond acceptors (Lipinski definition) is 4. The molecule has 0 aliphatic carbocycles. The lowest BCUT2D eigenvalue weighted by atomic mass is 10.3. The van der Waals surface area contributed by atoms with Crippen LogP contribution in [0, 0.1) is 0 Å². The van der Waals surface area contributed by atoms with E-state index in [1.165, 1.54) is 0 Å². The van der Waals surface area contributed by atoms with E-state index in [1.54, 1.807) is 0 Å². The van der Waals surface area contributed by atoms with Gasteiger partial charge in [0.15, 0.2) is 5.65 Å². The summed E-state index contributed by atoms with van der Waals surface area (Å²) in [5.41, 5.74) is 2.78. The van der Waals surface area contributed by atoms with Crippen LogP contribution >= 0.6 is 0 Å². The van der Waals surface area contributed by atoms with Crippen molar-refractivity contribution in [2.24, 2.45) is 0 Å². The fourth-order valence-corrected chi connectivity index (χ4v) is 1.61. The molecule has 0 amide bonds. The van der Waals surface area contributed by atoms with Crippen molar-refractivity contribution in [2.75, 3.05) is 19.0 Å². The van der Waals surface area contributed by atoms with Gasteiger partial charge in [-0.3, -0.25) is 0 Å². The van der Waals surface area contributed by atoms with Crippen molar-refractivity contribution < 1.29 is 0 Å². The van der Waals surface area contributed by atoms with Crippen molar-refractivity contribution in [3.63, 3.8) is 0 Å². The minimum Gasteiger partial charge on any atom is -0.347 e. The second kappa shape index (κ2) is 4.08. The molecule has 2 heterocycles.